The van der Waals surface area contributed by atoms with Crippen molar-refractivity contribution in [3.8, 4) is 0 Å². The second-order valence-electron chi connectivity index (χ2n) is 5.73. The third kappa shape index (κ3) is 4.27. The van der Waals surface area contributed by atoms with Gasteiger partial charge in [-0.25, -0.2) is 9.78 Å². The number of thiazole rings is 1. The first-order valence-corrected chi connectivity index (χ1v) is 8.17. The number of nitrogens with one attached hydrogen (secondary N) is 1. The second kappa shape index (κ2) is 7.35. The Bertz CT molecular complexity index is 612. The minimum atomic E-state index is -0.165. The van der Waals surface area contributed by atoms with E-state index in [0.29, 0.717) is 11.0 Å². The Morgan fingerprint density at radius 2 is 2.14 bits per heavy atom. The van der Waals surface area contributed by atoms with Crippen LogP contribution in [0.25, 0.3) is 0 Å². The van der Waals surface area contributed by atoms with E-state index in [9.17, 15) is 4.79 Å². The molecule has 5 nitrogen and oxygen atoms in total. The Hall–Kier alpha value is -1.95. The standard InChI is InChI=1S/C16H22N4OS/c1-11(2)8-14-10-18-15(22-14)19-16(21)20(4)12(3)13-6-5-7-17-9-13/h5-7,9-12H,8H2,1-4H3,(H,18,19,21)/t12-/m0/s1. The number of aromatic nitrogens is 2. The molecule has 22 heavy (non-hydrogen) atoms. The molecule has 0 radical (unpaired) electrons. The molecule has 0 bridgehead atoms. The summed E-state index contributed by atoms with van der Waals surface area (Å²) in [4.78, 5) is 23.5. The molecule has 0 saturated heterocycles. The number of anilines is 1. The van der Waals surface area contributed by atoms with Gasteiger partial charge in [0.25, 0.3) is 0 Å². The topological polar surface area (TPSA) is 58.1 Å². The fraction of sp³-hybridized carbons (Fsp3) is 0.438. The number of amides is 2. The van der Waals surface area contributed by atoms with Crippen molar-refractivity contribution in [3.63, 3.8) is 0 Å². The summed E-state index contributed by atoms with van der Waals surface area (Å²) in [6, 6.07) is 3.62. The molecular formula is C16H22N4OS. The van der Waals surface area contributed by atoms with Gasteiger partial charge in [-0.3, -0.25) is 10.3 Å². The highest BCUT2D eigenvalue weighted by molar-refractivity contribution is 7.15. The van der Waals surface area contributed by atoms with Crippen LogP contribution >= 0.6 is 11.3 Å². The molecule has 2 rings (SSSR count). The summed E-state index contributed by atoms with van der Waals surface area (Å²) in [7, 11) is 1.77. The van der Waals surface area contributed by atoms with Crippen molar-refractivity contribution in [2.24, 2.45) is 5.92 Å². The van der Waals surface area contributed by atoms with Crippen LogP contribution in [0.2, 0.25) is 0 Å². The van der Waals surface area contributed by atoms with Gasteiger partial charge in [-0.1, -0.05) is 19.9 Å². The zero-order chi connectivity index (χ0) is 16.1. The van der Waals surface area contributed by atoms with Crippen molar-refractivity contribution in [3.05, 3.63) is 41.2 Å². The lowest BCUT2D eigenvalue weighted by Crippen LogP contribution is -2.33. The molecule has 2 aromatic heterocycles. The first-order chi connectivity index (χ1) is 10.5. The lowest BCUT2D eigenvalue weighted by Gasteiger charge is -2.24. The van der Waals surface area contributed by atoms with Gasteiger partial charge in [-0.05, 0) is 30.9 Å². The Morgan fingerprint density at radius 1 is 1.36 bits per heavy atom. The smallest absolute Gasteiger partial charge is 0.321 e. The summed E-state index contributed by atoms with van der Waals surface area (Å²) in [6.45, 7) is 6.31. The van der Waals surface area contributed by atoms with E-state index in [1.807, 2.05) is 25.3 Å². The van der Waals surface area contributed by atoms with Gasteiger partial charge in [0.2, 0.25) is 0 Å². The van der Waals surface area contributed by atoms with Crippen LogP contribution in [0.15, 0.2) is 30.7 Å². The molecule has 2 amide bonds. The van der Waals surface area contributed by atoms with E-state index in [1.54, 1.807) is 24.3 Å². The van der Waals surface area contributed by atoms with Crippen molar-refractivity contribution in [2.75, 3.05) is 12.4 Å². The quantitative estimate of drug-likeness (QED) is 0.907. The first kappa shape index (κ1) is 16.4. The predicted octanol–water partition coefficient (Wildman–Crippen LogP) is 3.96. The number of carbonyl (C=O) groups excluding carboxylic acids is 1. The number of carbonyl (C=O) groups is 1. The van der Waals surface area contributed by atoms with Crippen LogP contribution in [0, 0.1) is 5.92 Å². The minimum absolute atomic E-state index is 0.0520. The number of urea groups is 1. The van der Waals surface area contributed by atoms with Crippen LogP contribution in [0.3, 0.4) is 0 Å². The fourth-order valence-corrected chi connectivity index (χ4v) is 3.08. The van der Waals surface area contributed by atoms with E-state index in [1.165, 1.54) is 16.2 Å². The van der Waals surface area contributed by atoms with Gasteiger partial charge in [0, 0.05) is 30.5 Å². The van der Waals surface area contributed by atoms with Crippen molar-refractivity contribution in [2.45, 2.75) is 33.2 Å². The highest BCUT2D eigenvalue weighted by Gasteiger charge is 2.18. The summed E-state index contributed by atoms with van der Waals surface area (Å²) < 4.78 is 0. The summed E-state index contributed by atoms with van der Waals surface area (Å²) in [5, 5.41) is 3.50. The second-order valence-corrected chi connectivity index (χ2v) is 6.85. The molecule has 1 N–H and O–H groups in total. The van der Waals surface area contributed by atoms with Gasteiger partial charge in [0.15, 0.2) is 5.13 Å². The van der Waals surface area contributed by atoms with Gasteiger partial charge in [0.1, 0.15) is 0 Å². The van der Waals surface area contributed by atoms with E-state index in [0.717, 1.165) is 12.0 Å². The number of rotatable bonds is 5. The maximum atomic E-state index is 12.3. The van der Waals surface area contributed by atoms with Gasteiger partial charge in [-0.15, -0.1) is 11.3 Å². The normalized spacial score (nSPS) is 12.2. The van der Waals surface area contributed by atoms with Crippen LogP contribution < -0.4 is 5.32 Å². The third-order valence-corrected chi connectivity index (χ3v) is 4.38. The monoisotopic (exact) mass is 318 g/mol. The van der Waals surface area contributed by atoms with E-state index in [4.69, 9.17) is 0 Å². The number of hydrogen-bond donors (Lipinski definition) is 1. The average Bonchev–Trinajstić information content (AvgIpc) is 2.92. The maximum absolute atomic E-state index is 12.3. The minimum Gasteiger partial charge on any atom is -0.321 e. The zero-order valence-corrected chi connectivity index (χ0v) is 14.2. The number of pyridine rings is 1. The van der Waals surface area contributed by atoms with Gasteiger partial charge >= 0.3 is 6.03 Å². The number of nitrogens with zero attached hydrogens (tertiary/aromatic N) is 3. The molecule has 0 aliphatic carbocycles. The summed E-state index contributed by atoms with van der Waals surface area (Å²) in [6.07, 6.45) is 6.32. The molecule has 2 aromatic rings. The largest absolute Gasteiger partial charge is 0.323 e. The molecule has 6 heteroatoms. The zero-order valence-electron chi connectivity index (χ0n) is 13.4. The summed E-state index contributed by atoms with van der Waals surface area (Å²) >= 11 is 1.53. The molecular weight excluding hydrogens is 296 g/mol. The SMILES string of the molecule is CC(C)Cc1cnc(NC(=O)N(C)[C@@H](C)c2cccnc2)s1. The number of hydrogen-bond acceptors (Lipinski definition) is 4. The molecule has 118 valence electrons. The molecule has 0 fully saturated rings. The van der Waals surface area contributed by atoms with Crippen LogP contribution in [-0.2, 0) is 6.42 Å². The molecule has 0 aliphatic heterocycles. The van der Waals surface area contributed by atoms with E-state index < -0.39 is 0 Å². The highest BCUT2D eigenvalue weighted by Crippen LogP contribution is 2.23. The van der Waals surface area contributed by atoms with Crippen LogP contribution in [0.4, 0.5) is 9.93 Å². The summed E-state index contributed by atoms with van der Waals surface area (Å²) in [5.74, 6) is 0.581. The van der Waals surface area contributed by atoms with Crippen LogP contribution in [-0.4, -0.2) is 27.9 Å². The molecule has 1 atom stereocenters. The van der Waals surface area contributed by atoms with Crippen LogP contribution in [0.5, 0.6) is 0 Å². The van der Waals surface area contributed by atoms with Gasteiger partial charge in [-0.2, -0.15) is 0 Å². The van der Waals surface area contributed by atoms with Crippen molar-refractivity contribution >= 4 is 22.5 Å². The van der Waals surface area contributed by atoms with E-state index >= 15 is 0 Å². The molecule has 2 heterocycles. The Balaban J connectivity index is 1.98. The van der Waals surface area contributed by atoms with Gasteiger partial charge in [0.05, 0.1) is 6.04 Å². The fourth-order valence-electron chi connectivity index (χ4n) is 2.06. The van der Waals surface area contributed by atoms with Crippen LogP contribution in [0.1, 0.15) is 37.3 Å². The molecule has 0 aliphatic rings. The molecule has 0 unspecified atom stereocenters. The molecule has 0 aromatic carbocycles. The lowest BCUT2D eigenvalue weighted by atomic mass is 10.1. The van der Waals surface area contributed by atoms with Crippen molar-refractivity contribution in [1.29, 1.82) is 0 Å². The average molecular weight is 318 g/mol. The highest BCUT2D eigenvalue weighted by atomic mass is 32.1. The van der Waals surface area contributed by atoms with Crippen molar-refractivity contribution < 1.29 is 4.79 Å². The lowest BCUT2D eigenvalue weighted by molar-refractivity contribution is 0.208. The molecule has 0 spiro atoms. The summed E-state index contributed by atoms with van der Waals surface area (Å²) in [5.41, 5.74) is 1.000. The van der Waals surface area contributed by atoms with Gasteiger partial charge < -0.3 is 4.90 Å². The molecule has 0 saturated carbocycles. The Labute approximate surface area is 135 Å². The Morgan fingerprint density at radius 3 is 2.77 bits per heavy atom. The van der Waals surface area contributed by atoms with Crippen molar-refractivity contribution in [1.82, 2.24) is 14.9 Å². The predicted molar refractivity (Wildman–Crippen MR) is 90.1 cm³/mol. The third-order valence-electron chi connectivity index (χ3n) is 3.44. The van der Waals surface area contributed by atoms with E-state index in [-0.39, 0.29) is 12.1 Å². The Kier molecular flexibility index (Phi) is 5.49. The van der Waals surface area contributed by atoms with E-state index in [2.05, 4.69) is 29.1 Å². The first-order valence-electron chi connectivity index (χ1n) is 7.35. The maximum Gasteiger partial charge on any atom is 0.323 e.